The zero-order valence-electron chi connectivity index (χ0n) is 22.2. The Labute approximate surface area is 233 Å². The second-order valence-electron chi connectivity index (χ2n) is 10.4. The van der Waals surface area contributed by atoms with Crippen molar-refractivity contribution in [1.29, 1.82) is 0 Å². The summed E-state index contributed by atoms with van der Waals surface area (Å²) < 4.78 is 5.21. The number of carbonyl (C=O) groups excluding carboxylic acids is 2. The predicted molar refractivity (Wildman–Crippen MR) is 154 cm³/mol. The number of aliphatic hydroxyl groups is 1. The number of methoxy groups -OCH3 is 1. The summed E-state index contributed by atoms with van der Waals surface area (Å²) >= 11 is 12.6. The fraction of sp³-hybridized carbons (Fsp3) is 0.267. The van der Waals surface area contributed by atoms with Crippen molar-refractivity contribution >= 4 is 52.0 Å². The molecule has 38 heavy (non-hydrogen) atoms. The van der Waals surface area contributed by atoms with Crippen molar-refractivity contribution in [1.82, 2.24) is 0 Å². The first kappa shape index (κ1) is 27.6. The van der Waals surface area contributed by atoms with E-state index >= 15 is 0 Å². The summed E-state index contributed by atoms with van der Waals surface area (Å²) in [5, 5.41) is 11.8. The highest BCUT2D eigenvalue weighted by Crippen LogP contribution is 2.44. The number of aliphatic hydroxyl groups excluding tert-OH is 1. The van der Waals surface area contributed by atoms with Crippen LogP contribution in [-0.4, -0.2) is 38.0 Å². The van der Waals surface area contributed by atoms with Crippen molar-refractivity contribution in [3.05, 3.63) is 93.0 Å². The number of hydrogen-bond acceptors (Lipinski definition) is 5. The van der Waals surface area contributed by atoms with Gasteiger partial charge in [-0.15, -0.1) is 0 Å². The number of hydrogen-bond donors (Lipinski definition) is 1. The molecule has 0 saturated carbocycles. The SMILES string of the molecule is COc1c(Cl)cc(/C(O)=C2\C(=O)C(=O)N(c3ccc(C(C)(C)C)cc3)C2c2ccc(N(C)C)cc2)cc1Cl. The van der Waals surface area contributed by atoms with Gasteiger partial charge in [0, 0.05) is 31.0 Å². The number of halogens is 2. The van der Waals surface area contributed by atoms with Crippen molar-refractivity contribution in [3.8, 4) is 5.75 Å². The predicted octanol–water partition coefficient (Wildman–Crippen LogP) is 6.99. The molecule has 0 radical (unpaired) electrons. The average molecular weight is 553 g/mol. The molecule has 1 fully saturated rings. The molecule has 0 aliphatic carbocycles. The van der Waals surface area contributed by atoms with E-state index in [1.54, 1.807) is 0 Å². The first-order chi connectivity index (χ1) is 17.8. The van der Waals surface area contributed by atoms with Crippen LogP contribution < -0.4 is 14.5 Å². The van der Waals surface area contributed by atoms with Gasteiger partial charge in [-0.05, 0) is 52.9 Å². The first-order valence-corrected chi connectivity index (χ1v) is 12.8. The minimum Gasteiger partial charge on any atom is -0.507 e. The summed E-state index contributed by atoms with van der Waals surface area (Å²) in [4.78, 5) is 30.3. The quantitative estimate of drug-likeness (QED) is 0.210. The molecule has 1 saturated heterocycles. The Hall–Kier alpha value is -3.48. The lowest BCUT2D eigenvalue weighted by Crippen LogP contribution is -2.29. The molecule has 4 rings (SSSR count). The Bertz CT molecular complexity index is 1400. The number of rotatable bonds is 5. The van der Waals surface area contributed by atoms with Crippen LogP contribution in [-0.2, 0) is 15.0 Å². The summed E-state index contributed by atoms with van der Waals surface area (Å²) in [7, 11) is 5.28. The second kappa shape index (κ2) is 10.4. The molecule has 1 aliphatic heterocycles. The van der Waals surface area contributed by atoms with E-state index in [4.69, 9.17) is 27.9 Å². The molecule has 1 amide bonds. The fourth-order valence-corrected chi connectivity index (χ4v) is 5.18. The Morgan fingerprint density at radius 3 is 1.97 bits per heavy atom. The van der Waals surface area contributed by atoms with Gasteiger partial charge in [0.1, 0.15) is 5.76 Å². The van der Waals surface area contributed by atoms with E-state index in [9.17, 15) is 14.7 Å². The lowest BCUT2D eigenvalue weighted by Gasteiger charge is -2.27. The number of nitrogens with zero attached hydrogens (tertiary/aromatic N) is 2. The second-order valence-corrected chi connectivity index (χ2v) is 11.2. The number of amides is 1. The fourth-order valence-electron chi connectivity index (χ4n) is 4.54. The molecule has 0 bridgehead atoms. The summed E-state index contributed by atoms with van der Waals surface area (Å²) in [6.45, 7) is 6.31. The molecular weight excluding hydrogens is 523 g/mol. The number of ketones is 1. The van der Waals surface area contributed by atoms with Gasteiger partial charge in [0.15, 0.2) is 5.75 Å². The highest BCUT2D eigenvalue weighted by Gasteiger charge is 2.47. The van der Waals surface area contributed by atoms with Crippen molar-refractivity contribution in [2.75, 3.05) is 31.0 Å². The number of carbonyl (C=O) groups is 2. The van der Waals surface area contributed by atoms with Gasteiger partial charge < -0.3 is 14.7 Å². The minimum atomic E-state index is -0.869. The summed E-state index contributed by atoms with van der Waals surface area (Å²) in [5.74, 6) is -1.65. The number of anilines is 2. The van der Waals surface area contributed by atoms with E-state index in [2.05, 4.69) is 20.8 Å². The molecule has 198 valence electrons. The van der Waals surface area contributed by atoms with Crippen molar-refractivity contribution < 1.29 is 19.4 Å². The lowest BCUT2D eigenvalue weighted by atomic mass is 9.87. The molecule has 0 spiro atoms. The molecule has 6 nitrogen and oxygen atoms in total. The topological polar surface area (TPSA) is 70.1 Å². The van der Waals surface area contributed by atoms with Crippen molar-refractivity contribution in [3.63, 3.8) is 0 Å². The van der Waals surface area contributed by atoms with Gasteiger partial charge in [-0.25, -0.2) is 0 Å². The Kier molecular flexibility index (Phi) is 7.51. The molecule has 0 aromatic heterocycles. The van der Waals surface area contributed by atoms with Crippen LogP contribution in [0.4, 0.5) is 11.4 Å². The molecule has 3 aromatic carbocycles. The van der Waals surface area contributed by atoms with E-state index in [0.717, 1.165) is 11.3 Å². The zero-order chi connectivity index (χ0) is 27.9. The van der Waals surface area contributed by atoms with Crippen LogP contribution in [0.1, 0.15) is 43.5 Å². The van der Waals surface area contributed by atoms with Crippen molar-refractivity contribution in [2.45, 2.75) is 32.2 Å². The summed E-state index contributed by atoms with van der Waals surface area (Å²) in [6.07, 6.45) is 0. The molecular formula is C30H30Cl2N2O4. The Morgan fingerprint density at radius 1 is 0.947 bits per heavy atom. The molecule has 8 heteroatoms. The van der Waals surface area contributed by atoms with Gasteiger partial charge >= 0.3 is 0 Å². The molecule has 1 unspecified atom stereocenters. The zero-order valence-corrected chi connectivity index (χ0v) is 23.7. The van der Waals surface area contributed by atoms with Crippen LogP contribution in [0.2, 0.25) is 10.0 Å². The molecule has 1 aliphatic rings. The summed E-state index contributed by atoms with van der Waals surface area (Å²) in [5.41, 5.74) is 3.33. The standard InChI is InChI=1S/C30H30Cl2N2O4/c1-30(2,3)19-9-13-21(14-10-19)34-25(17-7-11-20(12-8-17)33(4)5)24(27(36)29(34)37)26(35)18-15-22(31)28(38-6)23(32)16-18/h7-16,25,35H,1-6H3/b26-24+. The van der Waals surface area contributed by atoms with Crippen LogP contribution in [0.3, 0.4) is 0 Å². The average Bonchev–Trinajstić information content (AvgIpc) is 3.13. The normalized spacial score (nSPS) is 17.2. The van der Waals surface area contributed by atoms with Crippen LogP contribution in [0, 0.1) is 0 Å². The third kappa shape index (κ3) is 4.98. The number of benzene rings is 3. The highest BCUT2D eigenvalue weighted by molar-refractivity contribution is 6.51. The lowest BCUT2D eigenvalue weighted by molar-refractivity contribution is -0.132. The largest absolute Gasteiger partial charge is 0.507 e. The Balaban J connectivity index is 1.92. The number of Topliss-reactive ketones (excluding diaryl/α,β-unsaturated/α-hetero) is 1. The van der Waals surface area contributed by atoms with Crippen LogP contribution in [0.5, 0.6) is 5.75 Å². The van der Waals surface area contributed by atoms with Gasteiger partial charge in [0.05, 0.1) is 28.8 Å². The van der Waals surface area contributed by atoms with Crippen LogP contribution in [0.25, 0.3) is 5.76 Å². The van der Waals surface area contributed by atoms with Gasteiger partial charge in [0.25, 0.3) is 11.7 Å². The van der Waals surface area contributed by atoms with E-state index in [0.29, 0.717) is 11.3 Å². The third-order valence-electron chi connectivity index (χ3n) is 6.66. The smallest absolute Gasteiger partial charge is 0.300 e. The van der Waals surface area contributed by atoms with Crippen LogP contribution in [0.15, 0.2) is 66.2 Å². The molecule has 1 N–H and O–H groups in total. The van der Waals surface area contributed by atoms with E-state index < -0.39 is 17.7 Å². The molecule has 3 aromatic rings. The maximum Gasteiger partial charge on any atom is 0.300 e. The summed E-state index contributed by atoms with van der Waals surface area (Å²) in [6, 6.07) is 17.1. The van der Waals surface area contributed by atoms with E-state index in [1.807, 2.05) is 67.5 Å². The van der Waals surface area contributed by atoms with Gasteiger partial charge in [-0.2, -0.15) is 0 Å². The van der Waals surface area contributed by atoms with Crippen molar-refractivity contribution in [2.24, 2.45) is 0 Å². The van der Waals surface area contributed by atoms with Gasteiger partial charge in [-0.1, -0.05) is 68.2 Å². The van der Waals surface area contributed by atoms with E-state index in [1.165, 1.54) is 24.1 Å². The monoisotopic (exact) mass is 552 g/mol. The maximum atomic E-state index is 13.5. The first-order valence-electron chi connectivity index (χ1n) is 12.1. The highest BCUT2D eigenvalue weighted by atomic mass is 35.5. The number of ether oxygens (including phenoxy) is 1. The Morgan fingerprint density at radius 2 is 1.50 bits per heavy atom. The van der Waals surface area contributed by atoms with Gasteiger partial charge in [-0.3, -0.25) is 14.5 Å². The van der Waals surface area contributed by atoms with E-state index in [-0.39, 0.29) is 38.1 Å². The minimum absolute atomic E-state index is 0.0511. The molecule has 1 heterocycles. The van der Waals surface area contributed by atoms with Gasteiger partial charge in [0.2, 0.25) is 0 Å². The van der Waals surface area contributed by atoms with Crippen LogP contribution >= 0.6 is 23.2 Å². The third-order valence-corrected chi connectivity index (χ3v) is 7.22. The maximum absolute atomic E-state index is 13.5. The molecule has 1 atom stereocenters.